The standard InChI is InChI=1S/C12H15F4NO/c1-3-17(7-12(14,15)16)11-5-4-9(8(2)18)6-10(11)13/h4-6,8,18H,3,7H2,1-2H3/t8-/m1/s1. The molecule has 0 aliphatic heterocycles. The lowest BCUT2D eigenvalue weighted by molar-refractivity contribution is -0.119. The number of hydrogen-bond donors (Lipinski definition) is 1. The maximum atomic E-state index is 13.7. The molecule has 102 valence electrons. The zero-order valence-corrected chi connectivity index (χ0v) is 10.1. The molecule has 1 aromatic rings. The number of aliphatic hydroxyl groups is 1. The molecule has 0 spiro atoms. The average Bonchev–Trinajstić information content (AvgIpc) is 2.24. The molecule has 0 aliphatic rings. The van der Waals surface area contributed by atoms with E-state index in [1.54, 1.807) is 0 Å². The van der Waals surface area contributed by atoms with E-state index in [2.05, 4.69) is 0 Å². The van der Waals surface area contributed by atoms with Crippen LogP contribution in [-0.2, 0) is 0 Å². The fraction of sp³-hybridized carbons (Fsp3) is 0.500. The molecule has 6 heteroatoms. The molecule has 1 atom stereocenters. The van der Waals surface area contributed by atoms with Crippen LogP contribution in [0.15, 0.2) is 18.2 Å². The molecule has 0 unspecified atom stereocenters. The highest BCUT2D eigenvalue weighted by Crippen LogP contribution is 2.26. The van der Waals surface area contributed by atoms with Gasteiger partial charge in [0.05, 0.1) is 11.8 Å². The third-order valence-electron chi connectivity index (χ3n) is 2.55. The first-order valence-electron chi connectivity index (χ1n) is 5.53. The fourth-order valence-corrected chi connectivity index (χ4v) is 1.62. The predicted molar refractivity (Wildman–Crippen MR) is 61.0 cm³/mol. The summed E-state index contributed by atoms with van der Waals surface area (Å²) in [6, 6.07) is 3.73. The topological polar surface area (TPSA) is 23.5 Å². The summed E-state index contributed by atoms with van der Waals surface area (Å²) in [5, 5.41) is 9.26. The highest BCUT2D eigenvalue weighted by molar-refractivity contribution is 5.49. The van der Waals surface area contributed by atoms with Gasteiger partial charge in [0.15, 0.2) is 0 Å². The van der Waals surface area contributed by atoms with Crippen LogP contribution in [0.1, 0.15) is 25.5 Å². The van der Waals surface area contributed by atoms with Gasteiger partial charge in [-0.15, -0.1) is 0 Å². The van der Waals surface area contributed by atoms with E-state index in [4.69, 9.17) is 0 Å². The Morgan fingerprint density at radius 2 is 1.94 bits per heavy atom. The molecule has 18 heavy (non-hydrogen) atoms. The van der Waals surface area contributed by atoms with Gasteiger partial charge in [0.2, 0.25) is 0 Å². The molecule has 0 saturated carbocycles. The summed E-state index contributed by atoms with van der Waals surface area (Å²) in [5.74, 6) is -0.764. The fourth-order valence-electron chi connectivity index (χ4n) is 1.62. The van der Waals surface area contributed by atoms with E-state index in [1.165, 1.54) is 26.0 Å². The second-order valence-electron chi connectivity index (χ2n) is 4.02. The third kappa shape index (κ3) is 3.87. The third-order valence-corrected chi connectivity index (χ3v) is 2.55. The van der Waals surface area contributed by atoms with Gasteiger partial charge in [-0.25, -0.2) is 4.39 Å². The lowest BCUT2D eigenvalue weighted by Gasteiger charge is -2.25. The number of nitrogens with zero attached hydrogens (tertiary/aromatic N) is 1. The minimum atomic E-state index is -4.38. The quantitative estimate of drug-likeness (QED) is 0.845. The SMILES string of the molecule is CCN(CC(F)(F)F)c1ccc([C@@H](C)O)cc1F. The van der Waals surface area contributed by atoms with Crippen LogP contribution < -0.4 is 4.90 Å². The minimum Gasteiger partial charge on any atom is -0.389 e. The van der Waals surface area contributed by atoms with Gasteiger partial charge in [0.1, 0.15) is 12.4 Å². The van der Waals surface area contributed by atoms with Gasteiger partial charge < -0.3 is 10.0 Å². The monoisotopic (exact) mass is 265 g/mol. The maximum absolute atomic E-state index is 13.7. The summed E-state index contributed by atoms with van der Waals surface area (Å²) < 4.78 is 50.6. The molecule has 0 fully saturated rings. The van der Waals surface area contributed by atoms with Gasteiger partial charge in [-0.2, -0.15) is 13.2 Å². The van der Waals surface area contributed by atoms with Crippen LogP contribution in [0.3, 0.4) is 0 Å². The Bertz CT molecular complexity index is 404. The Labute approximate surface area is 103 Å². The van der Waals surface area contributed by atoms with Crippen molar-refractivity contribution in [3.8, 4) is 0 Å². The summed E-state index contributed by atoms with van der Waals surface area (Å²) in [6.45, 7) is 1.83. The molecule has 2 nitrogen and oxygen atoms in total. The van der Waals surface area contributed by atoms with Gasteiger partial charge in [-0.1, -0.05) is 6.07 Å². The average molecular weight is 265 g/mol. The number of anilines is 1. The molecule has 1 rings (SSSR count). The van der Waals surface area contributed by atoms with Gasteiger partial charge in [-0.3, -0.25) is 0 Å². The summed E-state index contributed by atoms with van der Waals surface area (Å²) in [5.41, 5.74) is 0.221. The molecule has 0 aromatic heterocycles. The van der Waals surface area contributed by atoms with Crippen molar-refractivity contribution in [2.24, 2.45) is 0 Å². The molecule has 0 saturated heterocycles. The zero-order chi connectivity index (χ0) is 13.9. The van der Waals surface area contributed by atoms with E-state index in [0.717, 1.165) is 11.0 Å². The second kappa shape index (κ2) is 5.56. The van der Waals surface area contributed by atoms with Crippen molar-refractivity contribution in [2.75, 3.05) is 18.0 Å². The Hall–Kier alpha value is -1.30. The molecule has 0 aliphatic carbocycles. The lowest BCUT2D eigenvalue weighted by atomic mass is 10.1. The number of hydrogen-bond acceptors (Lipinski definition) is 2. The molecule has 0 bridgehead atoms. The molecular formula is C12H15F4NO. The number of benzene rings is 1. The van der Waals surface area contributed by atoms with Crippen LogP contribution in [0.4, 0.5) is 23.2 Å². The van der Waals surface area contributed by atoms with E-state index in [1.807, 2.05) is 0 Å². The highest BCUT2D eigenvalue weighted by Gasteiger charge is 2.31. The van der Waals surface area contributed by atoms with Crippen molar-refractivity contribution in [1.82, 2.24) is 0 Å². The van der Waals surface area contributed by atoms with Gasteiger partial charge >= 0.3 is 6.18 Å². The Morgan fingerprint density at radius 1 is 1.33 bits per heavy atom. The molecule has 0 amide bonds. The van der Waals surface area contributed by atoms with Crippen LogP contribution >= 0.6 is 0 Å². The molecule has 1 N–H and O–H groups in total. The van der Waals surface area contributed by atoms with Crippen LogP contribution in [0.25, 0.3) is 0 Å². The Balaban J connectivity index is 3.00. The van der Waals surface area contributed by atoms with Gasteiger partial charge in [-0.05, 0) is 31.5 Å². The molecular weight excluding hydrogens is 250 g/mol. The number of aliphatic hydroxyl groups excluding tert-OH is 1. The van der Waals surface area contributed by atoms with E-state index < -0.39 is 24.6 Å². The number of halogens is 4. The molecule has 0 radical (unpaired) electrons. The van der Waals surface area contributed by atoms with E-state index >= 15 is 0 Å². The van der Waals surface area contributed by atoms with Crippen molar-refractivity contribution in [1.29, 1.82) is 0 Å². The normalized spacial score (nSPS) is 13.5. The number of alkyl halides is 3. The zero-order valence-electron chi connectivity index (χ0n) is 10.1. The molecule has 1 aromatic carbocycles. The highest BCUT2D eigenvalue weighted by atomic mass is 19.4. The second-order valence-corrected chi connectivity index (χ2v) is 4.02. The first-order chi connectivity index (χ1) is 8.24. The summed E-state index contributed by atoms with van der Waals surface area (Å²) in [4.78, 5) is 0.904. The minimum absolute atomic E-state index is 0.0461. The van der Waals surface area contributed by atoms with Crippen LogP contribution in [0.5, 0.6) is 0 Å². The van der Waals surface area contributed by atoms with Crippen molar-refractivity contribution < 1.29 is 22.7 Å². The summed E-state index contributed by atoms with van der Waals surface area (Å²) >= 11 is 0. The summed E-state index contributed by atoms with van der Waals surface area (Å²) in [6.07, 6.45) is -5.24. The maximum Gasteiger partial charge on any atom is 0.405 e. The van der Waals surface area contributed by atoms with Crippen LogP contribution in [-0.4, -0.2) is 24.4 Å². The first kappa shape index (κ1) is 14.8. The van der Waals surface area contributed by atoms with E-state index in [0.29, 0.717) is 5.56 Å². The van der Waals surface area contributed by atoms with E-state index in [-0.39, 0.29) is 12.2 Å². The molecule has 0 heterocycles. The first-order valence-corrected chi connectivity index (χ1v) is 5.53. The summed E-state index contributed by atoms with van der Waals surface area (Å²) in [7, 11) is 0. The Kier molecular flexibility index (Phi) is 4.56. The van der Waals surface area contributed by atoms with Crippen molar-refractivity contribution in [3.63, 3.8) is 0 Å². The van der Waals surface area contributed by atoms with Crippen LogP contribution in [0, 0.1) is 5.82 Å². The van der Waals surface area contributed by atoms with Crippen LogP contribution in [0.2, 0.25) is 0 Å². The van der Waals surface area contributed by atoms with Crippen molar-refractivity contribution >= 4 is 5.69 Å². The van der Waals surface area contributed by atoms with Gasteiger partial charge in [0.25, 0.3) is 0 Å². The smallest absolute Gasteiger partial charge is 0.389 e. The largest absolute Gasteiger partial charge is 0.405 e. The number of rotatable bonds is 4. The lowest BCUT2D eigenvalue weighted by Crippen LogP contribution is -2.34. The predicted octanol–water partition coefficient (Wildman–Crippen LogP) is 3.27. The van der Waals surface area contributed by atoms with Crippen molar-refractivity contribution in [2.45, 2.75) is 26.1 Å². The van der Waals surface area contributed by atoms with Gasteiger partial charge in [0, 0.05) is 6.54 Å². The van der Waals surface area contributed by atoms with Crippen molar-refractivity contribution in [3.05, 3.63) is 29.6 Å². The Morgan fingerprint density at radius 3 is 2.33 bits per heavy atom. The van der Waals surface area contributed by atoms with E-state index in [9.17, 15) is 22.7 Å².